The molecule has 0 saturated carbocycles. The Morgan fingerprint density at radius 2 is 2.33 bits per heavy atom. The van der Waals surface area contributed by atoms with Gasteiger partial charge in [-0.05, 0) is 18.1 Å². The van der Waals surface area contributed by atoms with E-state index in [2.05, 4.69) is 4.98 Å². The Morgan fingerprint density at radius 3 is 2.92 bits per heavy atom. The lowest BCUT2D eigenvalue weighted by Gasteiger charge is -2.08. The molecule has 0 saturated heterocycles. The maximum atomic E-state index is 8.70. The van der Waals surface area contributed by atoms with E-state index in [4.69, 9.17) is 16.6 Å². The number of hydrogen-bond donors (Lipinski definition) is 3. The van der Waals surface area contributed by atoms with Crippen molar-refractivity contribution in [3.63, 3.8) is 0 Å². The molecule has 0 aliphatic carbocycles. The van der Waals surface area contributed by atoms with Gasteiger partial charge in [-0.25, -0.2) is 0 Å². The molecule has 0 radical (unpaired) electrons. The highest BCUT2D eigenvalue weighted by molar-refractivity contribution is 5.44. The fourth-order valence-electron chi connectivity index (χ4n) is 0.955. The molecule has 1 aromatic rings. The summed E-state index contributed by atoms with van der Waals surface area (Å²) in [7, 11) is 0. The second kappa shape index (κ2) is 4.04. The van der Waals surface area contributed by atoms with E-state index in [-0.39, 0.29) is 12.6 Å². The highest BCUT2D eigenvalue weighted by atomic mass is 16.3. The van der Waals surface area contributed by atoms with Gasteiger partial charge in [0, 0.05) is 24.1 Å². The molecule has 0 aromatic carbocycles. The van der Waals surface area contributed by atoms with Gasteiger partial charge < -0.3 is 16.6 Å². The first-order valence-corrected chi connectivity index (χ1v) is 3.79. The van der Waals surface area contributed by atoms with Crippen LogP contribution in [0.25, 0.3) is 0 Å². The Morgan fingerprint density at radius 1 is 1.58 bits per heavy atom. The maximum absolute atomic E-state index is 8.70. The molecular weight excluding hydrogens is 154 g/mol. The van der Waals surface area contributed by atoms with Gasteiger partial charge in [0.05, 0.1) is 6.61 Å². The van der Waals surface area contributed by atoms with Crippen LogP contribution < -0.4 is 11.5 Å². The number of nitrogens with zero attached hydrogens (tertiary/aromatic N) is 1. The molecule has 1 atom stereocenters. The number of anilines is 1. The third-order valence-electron chi connectivity index (χ3n) is 1.66. The van der Waals surface area contributed by atoms with Crippen molar-refractivity contribution in [2.75, 3.05) is 12.3 Å². The second-order valence-corrected chi connectivity index (χ2v) is 2.72. The summed E-state index contributed by atoms with van der Waals surface area (Å²) in [4.78, 5) is 3.92. The van der Waals surface area contributed by atoms with Gasteiger partial charge in [0.25, 0.3) is 0 Å². The summed E-state index contributed by atoms with van der Waals surface area (Å²) >= 11 is 0. The van der Waals surface area contributed by atoms with Gasteiger partial charge >= 0.3 is 0 Å². The molecule has 1 heterocycles. The number of aliphatic hydroxyl groups is 1. The van der Waals surface area contributed by atoms with E-state index in [0.717, 1.165) is 5.56 Å². The quantitative estimate of drug-likeness (QED) is 0.568. The van der Waals surface area contributed by atoms with E-state index in [1.165, 1.54) is 0 Å². The van der Waals surface area contributed by atoms with Gasteiger partial charge in [0.2, 0.25) is 0 Å². The molecule has 66 valence electrons. The standard InChI is InChI=1S/C8H13N3O/c9-7(5-12)3-6-4-11-2-1-8(6)10/h1-2,4,7,12H,3,5,9H2,(H2,10,11). The number of hydrogen-bond acceptors (Lipinski definition) is 4. The van der Waals surface area contributed by atoms with E-state index in [1.807, 2.05) is 0 Å². The molecule has 0 bridgehead atoms. The van der Waals surface area contributed by atoms with Gasteiger partial charge in [-0.3, -0.25) is 4.98 Å². The Kier molecular flexibility index (Phi) is 3.01. The summed E-state index contributed by atoms with van der Waals surface area (Å²) in [5.74, 6) is 0. The van der Waals surface area contributed by atoms with Crippen LogP contribution in [0.1, 0.15) is 5.56 Å². The molecule has 5 N–H and O–H groups in total. The van der Waals surface area contributed by atoms with Gasteiger partial charge in [-0.1, -0.05) is 0 Å². The zero-order valence-corrected chi connectivity index (χ0v) is 6.77. The van der Waals surface area contributed by atoms with Crippen LogP contribution in [-0.2, 0) is 6.42 Å². The van der Waals surface area contributed by atoms with Crippen LogP contribution >= 0.6 is 0 Å². The molecule has 4 nitrogen and oxygen atoms in total. The lowest BCUT2D eigenvalue weighted by molar-refractivity contribution is 0.265. The first-order valence-electron chi connectivity index (χ1n) is 3.79. The first-order chi connectivity index (χ1) is 5.74. The third-order valence-corrected chi connectivity index (χ3v) is 1.66. The summed E-state index contributed by atoms with van der Waals surface area (Å²) < 4.78 is 0. The molecule has 0 fully saturated rings. The van der Waals surface area contributed by atoms with E-state index in [9.17, 15) is 0 Å². The van der Waals surface area contributed by atoms with Crippen LogP contribution in [0.4, 0.5) is 5.69 Å². The summed E-state index contributed by atoms with van der Waals surface area (Å²) in [5.41, 5.74) is 12.7. The Bertz CT molecular complexity index is 252. The molecule has 0 amide bonds. The number of aromatic nitrogens is 1. The number of nitrogen functional groups attached to an aromatic ring is 1. The van der Waals surface area contributed by atoms with Crippen LogP contribution in [0, 0.1) is 0 Å². The van der Waals surface area contributed by atoms with Crippen LogP contribution in [-0.4, -0.2) is 22.7 Å². The summed E-state index contributed by atoms with van der Waals surface area (Å²) in [6.07, 6.45) is 3.87. The number of pyridine rings is 1. The van der Waals surface area contributed by atoms with E-state index < -0.39 is 0 Å². The number of aliphatic hydroxyl groups excluding tert-OH is 1. The highest BCUT2D eigenvalue weighted by Gasteiger charge is 2.04. The topological polar surface area (TPSA) is 85.2 Å². The largest absolute Gasteiger partial charge is 0.398 e. The Balaban J connectivity index is 2.69. The van der Waals surface area contributed by atoms with Gasteiger partial charge in [0.1, 0.15) is 0 Å². The lowest BCUT2D eigenvalue weighted by atomic mass is 10.1. The predicted octanol–water partition coefficient (Wildman–Crippen LogP) is -0.474. The molecule has 0 spiro atoms. The van der Waals surface area contributed by atoms with Crippen molar-refractivity contribution in [3.8, 4) is 0 Å². The highest BCUT2D eigenvalue weighted by Crippen LogP contribution is 2.09. The minimum absolute atomic E-state index is 0.0334. The lowest BCUT2D eigenvalue weighted by Crippen LogP contribution is -2.27. The number of rotatable bonds is 3. The third kappa shape index (κ3) is 2.18. The summed E-state index contributed by atoms with van der Waals surface area (Å²) in [6.45, 7) is -0.0334. The zero-order chi connectivity index (χ0) is 8.97. The maximum Gasteiger partial charge on any atom is 0.0585 e. The molecule has 4 heteroatoms. The summed E-state index contributed by atoms with van der Waals surface area (Å²) in [5, 5.41) is 8.70. The zero-order valence-electron chi connectivity index (χ0n) is 6.77. The van der Waals surface area contributed by atoms with Crippen molar-refractivity contribution in [1.82, 2.24) is 4.98 Å². The van der Waals surface area contributed by atoms with Crippen molar-refractivity contribution in [2.24, 2.45) is 5.73 Å². The average molecular weight is 167 g/mol. The van der Waals surface area contributed by atoms with Crippen LogP contribution in [0.15, 0.2) is 18.5 Å². The van der Waals surface area contributed by atoms with E-state index in [0.29, 0.717) is 12.1 Å². The molecule has 1 rings (SSSR count). The SMILES string of the molecule is Nc1ccncc1CC(N)CO. The second-order valence-electron chi connectivity index (χ2n) is 2.72. The van der Waals surface area contributed by atoms with E-state index >= 15 is 0 Å². The van der Waals surface area contributed by atoms with Gasteiger partial charge in [-0.2, -0.15) is 0 Å². The fraction of sp³-hybridized carbons (Fsp3) is 0.375. The molecule has 12 heavy (non-hydrogen) atoms. The number of nitrogens with two attached hydrogens (primary N) is 2. The smallest absolute Gasteiger partial charge is 0.0585 e. The fourth-order valence-corrected chi connectivity index (χ4v) is 0.955. The van der Waals surface area contributed by atoms with Crippen LogP contribution in [0.5, 0.6) is 0 Å². The van der Waals surface area contributed by atoms with Crippen LogP contribution in [0.2, 0.25) is 0 Å². The molecule has 1 aromatic heterocycles. The van der Waals surface area contributed by atoms with Gasteiger partial charge in [-0.15, -0.1) is 0 Å². The van der Waals surface area contributed by atoms with Crippen molar-refractivity contribution in [3.05, 3.63) is 24.0 Å². The monoisotopic (exact) mass is 167 g/mol. The predicted molar refractivity (Wildman–Crippen MR) is 47.4 cm³/mol. The van der Waals surface area contributed by atoms with Crippen molar-refractivity contribution >= 4 is 5.69 Å². The van der Waals surface area contributed by atoms with Crippen molar-refractivity contribution in [2.45, 2.75) is 12.5 Å². The summed E-state index contributed by atoms with van der Waals surface area (Å²) in [6, 6.07) is 1.47. The molecule has 0 aliphatic heterocycles. The first kappa shape index (κ1) is 8.96. The Labute approximate surface area is 71.2 Å². The van der Waals surface area contributed by atoms with Crippen molar-refractivity contribution < 1.29 is 5.11 Å². The molecule has 1 unspecified atom stereocenters. The molecule has 0 aliphatic rings. The minimum atomic E-state index is -0.253. The van der Waals surface area contributed by atoms with E-state index in [1.54, 1.807) is 18.5 Å². The van der Waals surface area contributed by atoms with Gasteiger partial charge in [0.15, 0.2) is 0 Å². The average Bonchev–Trinajstić information content (AvgIpc) is 2.09. The molecular formula is C8H13N3O. The van der Waals surface area contributed by atoms with Crippen molar-refractivity contribution in [1.29, 1.82) is 0 Å². The minimum Gasteiger partial charge on any atom is -0.398 e. The Hall–Kier alpha value is -1.13. The van der Waals surface area contributed by atoms with Crippen LogP contribution in [0.3, 0.4) is 0 Å². The normalized spacial score (nSPS) is 12.8.